The van der Waals surface area contributed by atoms with Crippen molar-refractivity contribution in [3.63, 3.8) is 0 Å². The van der Waals surface area contributed by atoms with E-state index in [4.69, 9.17) is 14.5 Å². The molecule has 3 heterocycles. The Morgan fingerprint density at radius 3 is 2.79 bits per heavy atom. The minimum atomic E-state index is -0.180. The van der Waals surface area contributed by atoms with Crippen LogP contribution in [-0.4, -0.2) is 39.7 Å². The van der Waals surface area contributed by atoms with Crippen LogP contribution in [0.4, 0.5) is 5.69 Å². The first kappa shape index (κ1) is 21.9. The van der Waals surface area contributed by atoms with Gasteiger partial charge in [0, 0.05) is 23.4 Å². The lowest BCUT2D eigenvalue weighted by Crippen LogP contribution is -2.26. The van der Waals surface area contributed by atoms with Crippen LogP contribution in [0.25, 0.3) is 0 Å². The number of hydrogen-bond donors (Lipinski definition) is 1. The summed E-state index contributed by atoms with van der Waals surface area (Å²) in [7, 11) is 0. The highest BCUT2D eigenvalue weighted by atomic mass is 32.2. The molecule has 7 nitrogen and oxygen atoms in total. The van der Waals surface area contributed by atoms with Crippen molar-refractivity contribution < 1.29 is 14.3 Å². The van der Waals surface area contributed by atoms with Crippen LogP contribution in [0.3, 0.4) is 0 Å². The summed E-state index contributed by atoms with van der Waals surface area (Å²) in [6, 6.07) is 15.1. The van der Waals surface area contributed by atoms with Crippen molar-refractivity contribution >= 4 is 35.1 Å². The number of fused-ring (bicyclic) bond motifs is 2. The molecule has 0 radical (unpaired) electrons. The van der Waals surface area contributed by atoms with Gasteiger partial charge in [-0.05, 0) is 17.7 Å². The molecule has 1 N–H and O–H groups in total. The molecular weight excluding hydrogens is 458 g/mol. The van der Waals surface area contributed by atoms with Gasteiger partial charge < -0.3 is 14.8 Å². The Kier molecular flexibility index (Phi) is 6.32. The summed E-state index contributed by atoms with van der Waals surface area (Å²) in [4.78, 5) is 31.4. The van der Waals surface area contributed by atoms with Crippen LogP contribution in [0.15, 0.2) is 63.4 Å². The zero-order valence-electron chi connectivity index (χ0n) is 18.1. The van der Waals surface area contributed by atoms with Crippen molar-refractivity contribution in [1.29, 1.82) is 0 Å². The van der Waals surface area contributed by atoms with E-state index in [1.807, 2.05) is 30.3 Å². The van der Waals surface area contributed by atoms with E-state index in [1.54, 1.807) is 34.5 Å². The molecule has 0 aliphatic carbocycles. The van der Waals surface area contributed by atoms with Crippen molar-refractivity contribution in [3.05, 3.63) is 70.1 Å². The van der Waals surface area contributed by atoms with Gasteiger partial charge in [-0.3, -0.25) is 14.2 Å². The van der Waals surface area contributed by atoms with Gasteiger partial charge in [-0.1, -0.05) is 49.0 Å². The van der Waals surface area contributed by atoms with Gasteiger partial charge in [-0.25, -0.2) is 4.98 Å². The third kappa shape index (κ3) is 4.89. The first-order chi connectivity index (χ1) is 16.1. The predicted molar refractivity (Wildman–Crippen MR) is 130 cm³/mol. The minimum Gasteiger partial charge on any atom is -0.486 e. The van der Waals surface area contributed by atoms with Gasteiger partial charge in [0.15, 0.2) is 16.7 Å². The van der Waals surface area contributed by atoms with Crippen molar-refractivity contribution in [1.82, 2.24) is 9.55 Å². The molecule has 0 bridgehead atoms. The van der Waals surface area contributed by atoms with Gasteiger partial charge in [0.1, 0.15) is 13.2 Å². The number of rotatable bonds is 6. The highest BCUT2D eigenvalue weighted by Gasteiger charge is 2.26. The minimum absolute atomic E-state index is 0.0343. The van der Waals surface area contributed by atoms with Crippen molar-refractivity contribution in [2.24, 2.45) is 0 Å². The number of aromatic nitrogens is 2. The molecule has 5 rings (SSSR count). The lowest BCUT2D eigenvalue weighted by atomic mass is 10.2. The second-order valence-electron chi connectivity index (χ2n) is 7.87. The molecule has 0 spiro atoms. The molecule has 33 heavy (non-hydrogen) atoms. The van der Waals surface area contributed by atoms with Crippen LogP contribution in [0.5, 0.6) is 11.5 Å². The van der Waals surface area contributed by atoms with Crippen LogP contribution in [-0.2, 0) is 17.8 Å². The number of nitrogens with one attached hydrogen (secondary N) is 1. The number of anilines is 1. The highest BCUT2D eigenvalue weighted by Crippen LogP contribution is 2.35. The van der Waals surface area contributed by atoms with E-state index >= 15 is 0 Å². The van der Waals surface area contributed by atoms with Crippen molar-refractivity contribution in [2.45, 2.75) is 35.2 Å². The fourth-order valence-corrected chi connectivity index (χ4v) is 5.73. The number of benzene rings is 2. The highest BCUT2D eigenvalue weighted by molar-refractivity contribution is 8.00. The standard InChI is InChI=1S/C24H23N3O4S2/c1-15-11-18-22(33-15)23(29)27(13-16-5-3-2-4-6-16)24(26-18)32-14-21(28)25-17-7-8-19-20(12-17)31-10-9-30-19/h2-8,12,15H,9-11,13-14H2,1H3,(H,25,28). The number of thioether (sulfide) groups is 2. The molecule has 9 heteroatoms. The predicted octanol–water partition coefficient (Wildman–Crippen LogP) is 3.83. The Morgan fingerprint density at radius 2 is 1.97 bits per heavy atom. The second-order valence-corrected chi connectivity index (χ2v) is 10.3. The van der Waals surface area contributed by atoms with Crippen LogP contribution in [0.1, 0.15) is 18.2 Å². The Balaban J connectivity index is 1.34. The Morgan fingerprint density at radius 1 is 1.18 bits per heavy atom. The molecular formula is C24H23N3O4S2. The largest absolute Gasteiger partial charge is 0.486 e. The number of carbonyl (C=O) groups excluding carboxylic acids is 1. The molecule has 1 aromatic heterocycles. The fourth-order valence-electron chi connectivity index (χ4n) is 3.80. The molecule has 1 unspecified atom stereocenters. The normalized spacial score (nSPS) is 16.3. The van der Waals surface area contributed by atoms with Gasteiger partial charge in [-0.15, -0.1) is 11.8 Å². The zero-order chi connectivity index (χ0) is 22.8. The maximum absolute atomic E-state index is 13.3. The Bertz CT molecular complexity index is 1250. The number of carbonyl (C=O) groups is 1. The Hall–Kier alpha value is -2.91. The van der Waals surface area contributed by atoms with E-state index in [1.165, 1.54) is 11.8 Å². The van der Waals surface area contributed by atoms with Gasteiger partial charge >= 0.3 is 0 Å². The fraction of sp³-hybridized carbons (Fsp3) is 0.292. The number of amides is 1. The van der Waals surface area contributed by atoms with Crippen molar-refractivity contribution in [3.8, 4) is 11.5 Å². The second kappa shape index (κ2) is 9.52. The van der Waals surface area contributed by atoms with Crippen LogP contribution >= 0.6 is 23.5 Å². The van der Waals surface area contributed by atoms with Gasteiger partial charge in [-0.2, -0.15) is 0 Å². The summed E-state index contributed by atoms with van der Waals surface area (Å²) in [5.74, 6) is 1.25. The molecule has 3 aromatic rings. The zero-order valence-corrected chi connectivity index (χ0v) is 19.7. The van der Waals surface area contributed by atoms with Crippen LogP contribution in [0, 0.1) is 0 Å². The summed E-state index contributed by atoms with van der Waals surface area (Å²) in [6.45, 7) is 3.52. The summed E-state index contributed by atoms with van der Waals surface area (Å²) >= 11 is 2.86. The molecule has 2 aliphatic rings. The lowest BCUT2D eigenvalue weighted by molar-refractivity contribution is -0.113. The van der Waals surface area contributed by atoms with E-state index < -0.39 is 0 Å². The van der Waals surface area contributed by atoms with Gasteiger partial charge in [0.25, 0.3) is 5.56 Å². The number of ether oxygens (including phenoxy) is 2. The van der Waals surface area contributed by atoms with E-state index in [0.29, 0.717) is 47.4 Å². The third-order valence-corrected chi connectivity index (χ3v) is 7.50. The monoisotopic (exact) mass is 481 g/mol. The van der Waals surface area contributed by atoms with Gasteiger partial charge in [0.2, 0.25) is 5.91 Å². The lowest BCUT2D eigenvalue weighted by Gasteiger charge is -2.19. The maximum Gasteiger partial charge on any atom is 0.268 e. The average molecular weight is 482 g/mol. The molecule has 1 atom stereocenters. The summed E-state index contributed by atoms with van der Waals surface area (Å²) in [5, 5.41) is 3.78. The summed E-state index contributed by atoms with van der Waals surface area (Å²) in [6.07, 6.45) is 0.762. The first-order valence-corrected chi connectivity index (χ1v) is 12.6. The Labute approximate surface area is 199 Å². The maximum atomic E-state index is 13.3. The molecule has 170 valence electrons. The van der Waals surface area contributed by atoms with E-state index in [2.05, 4.69) is 12.2 Å². The SMILES string of the molecule is CC1Cc2nc(SCC(=O)Nc3ccc4c(c3)OCCO4)n(Cc3ccccc3)c(=O)c2S1. The van der Waals surface area contributed by atoms with Crippen LogP contribution < -0.4 is 20.3 Å². The topological polar surface area (TPSA) is 82.4 Å². The third-order valence-electron chi connectivity index (χ3n) is 5.30. The van der Waals surface area contributed by atoms with Crippen molar-refractivity contribution in [2.75, 3.05) is 24.3 Å². The van der Waals surface area contributed by atoms with Gasteiger partial charge in [0.05, 0.1) is 22.9 Å². The summed E-state index contributed by atoms with van der Waals surface area (Å²) in [5.41, 5.74) is 2.45. The quantitative estimate of drug-likeness (QED) is 0.423. The smallest absolute Gasteiger partial charge is 0.268 e. The molecule has 2 aromatic carbocycles. The van der Waals surface area contributed by atoms with E-state index in [-0.39, 0.29) is 17.2 Å². The average Bonchev–Trinajstić information content (AvgIpc) is 3.21. The molecule has 0 saturated heterocycles. The molecule has 0 saturated carbocycles. The molecule has 1 amide bonds. The first-order valence-electron chi connectivity index (χ1n) is 10.7. The molecule has 2 aliphatic heterocycles. The number of hydrogen-bond acceptors (Lipinski definition) is 7. The summed E-state index contributed by atoms with van der Waals surface area (Å²) < 4.78 is 12.8. The van der Waals surface area contributed by atoms with E-state index in [9.17, 15) is 9.59 Å². The van der Waals surface area contributed by atoms with Crippen LogP contribution in [0.2, 0.25) is 0 Å². The number of nitrogens with zero attached hydrogens (tertiary/aromatic N) is 2. The molecule has 0 fully saturated rings. The van der Waals surface area contributed by atoms with E-state index in [0.717, 1.165) is 22.6 Å².